The molecule has 1 aromatic heterocycles. The average Bonchev–Trinajstić information content (AvgIpc) is 3.22. The minimum atomic E-state index is -0.902. The quantitative estimate of drug-likeness (QED) is 0.373. The molecule has 178 valence electrons. The smallest absolute Gasteiger partial charge is 0.307 e. The Bertz CT molecular complexity index is 1240. The predicted molar refractivity (Wildman–Crippen MR) is 137 cm³/mol. The van der Waals surface area contributed by atoms with Crippen LogP contribution in [0.25, 0.3) is 10.2 Å². The second-order valence-electron chi connectivity index (χ2n) is 8.62. The van der Waals surface area contributed by atoms with Gasteiger partial charge in [0.2, 0.25) is 11.8 Å². The number of carbonyl (C=O) groups excluding carboxylic acids is 2. The lowest BCUT2D eigenvalue weighted by Gasteiger charge is -2.27. The van der Waals surface area contributed by atoms with E-state index in [1.807, 2.05) is 44.2 Å². The van der Waals surface area contributed by atoms with Gasteiger partial charge in [-0.3, -0.25) is 14.4 Å². The molecule has 1 aliphatic rings. The highest BCUT2D eigenvalue weighted by molar-refractivity contribution is 8.01. The minimum absolute atomic E-state index is 0.0964. The number of thioether (sulfide) groups is 1. The van der Waals surface area contributed by atoms with Crippen LogP contribution in [0, 0.1) is 25.7 Å². The van der Waals surface area contributed by atoms with E-state index in [1.54, 1.807) is 6.07 Å². The van der Waals surface area contributed by atoms with Crippen LogP contribution in [0.5, 0.6) is 0 Å². The molecule has 3 N–H and O–H groups in total. The predicted octanol–water partition coefficient (Wildman–Crippen LogP) is 5.47. The van der Waals surface area contributed by atoms with Gasteiger partial charge < -0.3 is 15.7 Å². The summed E-state index contributed by atoms with van der Waals surface area (Å²) < 4.78 is 1.67. The Balaban J connectivity index is 1.37. The Morgan fingerprint density at radius 1 is 1.00 bits per heavy atom. The van der Waals surface area contributed by atoms with E-state index in [2.05, 4.69) is 15.6 Å². The van der Waals surface area contributed by atoms with Crippen molar-refractivity contribution in [1.29, 1.82) is 0 Å². The summed E-state index contributed by atoms with van der Waals surface area (Å²) in [5.74, 6) is -2.13. The molecule has 0 aliphatic heterocycles. The lowest BCUT2D eigenvalue weighted by atomic mass is 9.78. The van der Waals surface area contributed by atoms with E-state index in [4.69, 9.17) is 0 Å². The van der Waals surface area contributed by atoms with Crippen LogP contribution in [-0.4, -0.2) is 33.6 Å². The summed E-state index contributed by atoms with van der Waals surface area (Å²) in [6, 6.07) is 11.3. The number of aliphatic carboxylic acids is 1. The van der Waals surface area contributed by atoms with Crippen LogP contribution in [0.4, 0.5) is 11.4 Å². The standard InChI is InChI=1S/C25H27N3O4S2/c1-14-7-8-16(11-15(14)2)26-22(29)13-33-25-28-20-10-9-17(12-21(20)34-25)27-23(30)18-5-3-4-6-19(18)24(31)32/h7-12,18-19H,3-6,13H2,1-2H3,(H,26,29)(H,27,30)(H,31,32)/t18-,19-/m1/s1. The largest absolute Gasteiger partial charge is 0.481 e. The first-order valence-corrected chi connectivity index (χ1v) is 13.0. The van der Waals surface area contributed by atoms with Crippen LogP contribution in [-0.2, 0) is 14.4 Å². The zero-order valence-electron chi connectivity index (χ0n) is 19.1. The van der Waals surface area contributed by atoms with E-state index in [-0.39, 0.29) is 17.6 Å². The second kappa shape index (κ2) is 10.6. The second-order valence-corrected chi connectivity index (χ2v) is 10.9. The van der Waals surface area contributed by atoms with Crippen molar-refractivity contribution in [2.24, 2.45) is 11.8 Å². The molecule has 3 aromatic rings. The number of anilines is 2. The molecule has 1 heterocycles. The summed E-state index contributed by atoms with van der Waals surface area (Å²) in [6.07, 6.45) is 2.85. The van der Waals surface area contributed by atoms with Crippen molar-refractivity contribution < 1.29 is 19.5 Å². The van der Waals surface area contributed by atoms with Gasteiger partial charge in [-0.05, 0) is 68.1 Å². The van der Waals surface area contributed by atoms with Crippen LogP contribution in [0.3, 0.4) is 0 Å². The number of benzene rings is 2. The number of thiazole rings is 1. The van der Waals surface area contributed by atoms with Crippen LogP contribution >= 0.6 is 23.1 Å². The molecule has 1 saturated carbocycles. The molecule has 0 spiro atoms. The van der Waals surface area contributed by atoms with Gasteiger partial charge in [-0.1, -0.05) is 30.7 Å². The van der Waals surface area contributed by atoms with Crippen LogP contribution in [0.2, 0.25) is 0 Å². The third-order valence-corrected chi connectivity index (χ3v) is 8.33. The van der Waals surface area contributed by atoms with Crippen molar-refractivity contribution in [2.75, 3.05) is 16.4 Å². The van der Waals surface area contributed by atoms with Crippen molar-refractivity contribution in [3.63, 3.8) is 0 Å². The monoisotopic (exact) mass is 497 g/mol. The number of carboxylic acids is 1. The highest BCUT2D eigenvalue weighted by atomic mass is 32.2. The maximum atomic E-state index is 12.8. The third-order valence-electron chi connectivity index (χ3n) is 6.17. The molecule has 0 bridgehead atoms. The molecule has 2 amide bonds. The number of aromatic nitrogens is 1. The van der Waals surface area contributed by atoms with E-state index in [0.717, 1.165) is 38.6 Å². The highest BCUT2D eigenvalue weighted by Crippen LogP contribution is 2.33. The Labute approximate surface area is 206 Å². The maximum absolute atomic E-state index is 12.8. The third kappa shape index (κ3) is 5.77. The molecule has 34 heavy (non-hydrogen) atoms. The number of carboxylic acid groups (broad SMARTS) is 1. The van der Waals surface area contributed by atoms with Gasteiger partial charge >= 0.3 is 5.97 Å². The minimum Gasteiger partial charge on any atom is -0.481 e. The van der Waals surface area contributed by atoms with E-state index >= 15 is 0 Å². The maximum Gasteiger partial charge on any atom is 0.307 e. The fraction of sp³-hybridized carbons (Fsp3) is 0.360. The van der Waals surface area contributed by atoms with Gasteiger partial charge in [-0.2, -0.15) is 0 Å². The van der Waals surface area contributed by atoms with Crippen molar-refractivity contribution in [1.82, 2.24) is 4.98 Å². The number of rotatable bonds is 7. The number of fused-ring (bicyclic) bond motifs is 1. The molecule has 2 aromatic carbocycles. The molecular weight excluding hydrogens is 470 g/mol. The summed E-state index contributed by atoms with van der Waals surface area (Å²) >= 11 is 2.83. The van der Waals surface area contributed by atoms with Gasteiger partial charge in [0.25, 0.3) is 0 Å². The summed E-state index contributed by atoms with van der Waals surface area (Å²) in [7, 11) is 0. The summed E-state index contributed by atoms with van der Waals surface area (Å²) in [4.78, 5) is 41.2. The van der Waals surface area contributed by atoms with Crippen molar-refractivity contribution >= 4 is 62.5 Å². The van der Waals surface area contributed by atoms with Crippen molar-refractivity contribution in [3.8, 4) is 0 Å². The van der Waals surface area contributed by atoms with Crippen molar-refractivity contribution in [2.45, 2.75) is 43.9 Å². The van der Waals surface area contributed by atoms with Gasteiger partial charge in [-0.15, -0.1) is 11.3 Å². The average molecular weight is 498 g/mol. The van der Waals surface area contributed by atoms with E-state index in [1.165, 1.54) is 28.7 Å². The van der Waals surface area contributed by atoms with Gasteiger partial charge in [0.1, 0.15) is 0 Å². The molecule has 0 unspecified atom stereocenters. The first-order valence-electron chi connectivity index (χ1n) is 11.2. The van der Waals surface area contributed by atoms with Crippen molar-refractivity contribution in [3.05, 3.63) is 47.5 Å². The molecule has 9 heteroatoms. The van der Waals surface area contributed by atoms with E-state index < -0.39 is 17.8 Å². The Morgan fingerprint density at radius 2 is 1.71 bits per heavy atom. The first kappa shape index (κ1) is 24.2. The molecule has 4 rings (SSSR count). The van der Waals surface area contributed by atoms with Crippen LogP contribution < -0.4 is 10.6 Å². The van der Waals surface area contributed by atoms with Gasteiger partial charge in [0.15, 0.2) is 4.34 Å². The van der Waals surface area contributed by atoms with Gasteiger partial charge in [0.05, 0.1) is 27.8 Å². The first-order chi connectivity index (χ1) is 16.3. The molecule has 7 nitrogen and oxygen atoms in total. The number of aryl methyl sites for hydroxylation is 2. The Morgan fingerprint density at radius 3 is 2.44 bits per heavy atom. The number of carbonyl (C=O) groups is 3. The molecule has 1 aliphatic carbocycles. The summed E-state index contributed by atoms with van der Waals surface area (Å²) in [5, 5.41) is 15.3. The normalized spacial score (nSPS) is 17.9. The SMILES string of the molecule is Cc1ccc(NC(=O)CSc2nc3ccc(NC(=O)[C@@H]4CCCC[C@H]4C(=O)O)cc3s2)cc1C. The molecule has 0 radical (unpaired) electrons. The fourth-order valence-corrected chi connectivity index (χ4v) is 6.07. The fourth-order valence-electron chi connectivity index (χ4n) is 4.16. The zero-order valence-corrected chi connectivity index (χ0v) is 20.7. The van der Waals surface area contributed by atoms with Crippen LogP contribution in [0.15, 0.2) is 40.7 Å². The van der Waals surface area contributed by atoms with Crippen LogP contribution in [0.1, 0.15) is 36.8 Å². The van der Waals surface area contributed by atoms with E-state index in [9.17, 15) is 19.5 Å². The van der Waals surface area contributed by atoms with Gasteiger partial charge in [0, 0.05) is 11.4 Å². The molecular formula is C25H27N3O4S2. The highest BCUT2D eigenvalue weighted by Gasteiger charge is 2.35. The number of amides is 2. The Hall–Kier alpha value is -2.91. The number of nitrogens with one attached hydrogen (secondary N) is 2. The Kier molecular flexibility index (Phi) is 7.53. The number of hydrogen-bond acceptors (Lipinski definition) is 6. The summed E-state index contributed by atoms with van der Waals surface area (Å²) in [5.41, 5.74) is 4.50. The number of nitrogens with zero attached hydrogens (tertiary/aromatic N) is 1. The summed E-state index contributed by atoms with van der Waals surface area (Å²) in [6.45, 7) is 4.04. The lowest BCUT2D eigenvalue weighted by molar-refractivity contribution is -0.147. The van der Waals surface area contributed by atoms with E-state index in [0.29, 0.717) is 18.5 Å². The molecule has 1 fully saturated rings. The molecule has 0 saturated heterocycles. The zero-order chi connectivity index (χ0) is 24.2. The van der Waals surface area contributed by atoms with Gasteiger partial charge in [-0.25, -0.2) is 4.98 Å². The number of hydrogen-bond donors (Lipinski definition) is 3. The topological polar surface area (TPSA) is 108 Å². The molecule has 2 atom stereocenters. The lowest BCUT2D eigenvalue weighted by Crippen LogP contribution is -2.36.